The molecule has 0 unspecified atom stereocenters. The van der Waals surface area contributed by atoms with E-state index in [-0.39, 0.29) is 11.6 Å². The van der Waals surface area contributed by atoms with Gasteiger partial charge in [-0.3, -0.25) is 4.79 Å². The predicted molar refractivity (Wildman–Crippen MR) is 91.3 cm³/mol. The Hall–Kier alpha value is -2.96. The quantitative estimate of drug-likeness (QED) is 0.792. The van der Waals surface area contributed by atoms with Crippen LogP contribution in [0.15, 0.2) is 30.3 Å². The number of rotatable bonds is 6. The number of anilines is 2. The number of nitrogens with one attached hydrogen (secondary N) is 2. The van der Waals surface area contributed by atoms with Crippen molar-refractivity contribution in [3.63, 3.8) is 0 Å². The summed E-state index contributed by atoms with van der Waals surface area (Å²) in [5.41, 5.74) is 1.25. The third kappa shape index (κ3) is 4.52. The normalized spacial score (nSPS) is 10.1. The second-order valence-corrected chi connectivity index (χ2v) is 5.14. The van der Waals surface area contributed by atoms with E-state index >= 15 is 0 Å². The number of carbonyl (C=O) groups excluding carboxylic acids is 2. The number of esters is 1. The summed E-state index contributed by atoms with van der Waals surface area (Å²) in [5.74, 6) is 0.370. The molecule has 24 heavy (non-hydrogen) atoms. The van der Waals surface area contributed by atoms with E-state index < -0.39 is 5.97 Å². The first-order valence-corrected chi connectivity index (χ1v) is 7.62. The van der Waals surface area contributed by atoms with Crippen molar-refractivity contribution in [2.45, 2.75) is 20.3 Å². The lowest BCUT2D eigenvalue weighted by molar-refractivity contribution is 0.0600. The van der Waals surface area contributed by atoms with Gasteiger partial charge in [0.15, 0.2) is 0 Å². The number of carbonyl (C=O) groups is 2. The number of aryl methyl sites for hydroxylation is 1. The van der Waals surface area contributed by atoms with Gasteiger partial charge in [0.2, 0.25) is 0 Å². The van der Waals surface area contributed by atoms with Crippen molar-refractivity contribution in [3.05, 3.63) is 47.4 Å². The van der Waals surface area contributed by atoms with E-state index in [1.165, 1.54) is 7.11 Å². The van der Waals surface area contributed by atoms with Gasteiger partial charge >= 0.3 is 5.97 Å². The van der Waals surface area contributed by atoms with Gasteiger partial charge in [-0.05, 0) is 37.6 Å². The van der Waals surface area contributed by atoms with E-state index in [2.05, 4.69) is 25.3 Å². The molecular formula is C17H20N4O3. The fourth-order valence-electron chi connectivity index (χ4n) is 2.03. The summed E-state index contributed by atoms with van der Waals surface area (Å²) in [5, 5.41) is 5.88. The van der Waals surface area contributed by atoms with E-state index in [9.17, 15) is 9.59 Å². The van der Waals surface area contributed by atoms with E-state index in [1.807, 2.05) is 6.92 Å². The molecule has 7 heteroatoms. The molecule has 0 bridgehead atoms. The molecule has 1 heterocycles. The number of hydrogen-bond acceptors (Lipinski definition) is 6. The Morgan fingerprint density at radius 2 is 1.88 bits per heavy atom. The van der Waals surface area contributed by atoms with Crippen molar-refractivity contribution >= 4 is 23.4 Å². The highest BCUT2D eigenvalue weighted by atomic mass is 16.5. The molecule has 7 nitrogen and oxygen atoms in total. The summed E-state index contributed by atoms with van der Waals surface area (Å²) in [6.45, 7) is 4.55. The van der Waals surface area contributed by atoms with Gasteiger partial charge < -0.3 is 15.4 Å². The Morgan fingerprint density at radius 1 is 1.17 bits per heavy atom. The average molecular weight is 328 g/mol. The molecule has 1 aromatic heterocycles. The lowest BCUT2D eigenvalue weighted by Gasteiger charge is -2.09. The Balaban J connectivity index is 2.11. The van der Waals surface area contributed by atoms with Gasteiger partial charge in [-0.25, -0.2) is 14.8 Å². The average Bonchev–Trinajstić information content (AvgIpc) is 2.59. The number of benzene rings is 1. The maximum atomic E-state index is 12.3. The molecule has 0 aliphatic heterocycles. The zero-order valence-corrected chi connectivity index (χ0v) is 13.9. The molecular weight excluding hydrogens is 308 g/mol. The largest absolute Gasteiger partial charge is 0.465 e. The minimum Gasteiger partial charge on any atom is -0.465 e. The number of hydrogen-bond donors (Lipinski definition) is 2. The Kier molecular flexibility index (Phi) is 5.83. The Bertz CT molecular complexity index is 729. The first-order valence-electron chi connectivity index (χ1n) is 7.62. The predicted octanol–water partition coefficient (Wildman–Crippen LogP) is 2.65. The summed E-state index contributed by atoms with van der Waals surface area (Å²) in [6, 6.07) is 8.05. The number of amides is 1. The van der Waals surface area contributed by atoms with Crippen LogP contribution in [0.1, 0.15) is 40.0 Å². The second-order valence-electron chi connectivity index (χ2n) is 5.14. The van der Waals surface area contributed by atoms with Gasteiger partial charge in [0.05, 0.1) is 12.7 Å². The van der Waals surface area contributed by atoms with E-state index in [0.717, 1.165) is 13.0 Å². The van der Waals surface area contributed by atoms with Crippen LogP contribution in [-0.2, 0) is 4.74 Å². The minimum atomic E-state index is -0.425. The van der Waals surface area contributed by atoms with Crippen molar-refractivity contribution in [2.24, 2.45) is 0 Å². The molecule has 0 spiro atoms. The standard InChI is InChI=1S/C17H20N4O3/c1-4-9-18-15-10-14(19-11(2)20-15)16(22)21-13-7-5-12(6-8-13)17(23)24-3/h5-8,10H,4,9H2,1-3H3,(H,21,22)(H,18,19,20). The van der Waals surface area contributed by atoms with Crippen molar-refractivity contribution in [3.8, 4) is 0 Å². The van der Waals surface area contributed by atoms with Gasteiger partial charge in [-0.2, -0.15) is 0 Å². The fourth-order valence-corrected chi connectivity index (χ4v) is 2.03. The van der Waals surface area contributed by atoms with Crippen LogP contribution in [0.2, 0.25) is 0 Å². The molecule has 0 radical (unpaired) electrons. The highest BCUT2D eigenvalue weighted by Gasteiger charge is 2.11. The zero-order valence-electron chi connectivity index (χ0n) is 13.9. The smallest absolute Gasteiger partial charge is 0.337 e. The van der Waals surface area contributed by atoms with Crippen LogP contribution in [0, 0.1) is 6.92 Å². The van der Waals surface area contributed by atoms with Gasteiger partial charge in [-0.15, -0.1) is 0 Å². The molecule has 0 aliphatic rings. The van der Waals surface area contributed by atoms with Crippen LogP contribution in [0.25, 0.3) is 0 Å². The Labute approximate surface area is 140 Å². The summed E-state index contributed by atoms with van der Waals surface area (Å²) < 4.78 is 4.63. The van der Waals surface area contributed by atoms with Gasteiger partial charge in [0.25, 0.3) is 5.91 Å². The molecule has 0 atom stereocenters. The number of methoxy groups -OCH3 is 1. The van der Waals surface area contributed by atoms with Crippen LogP contribution in [0.5, 0.6) is 0 Å². The SMILES string of the molecule is CCCNc1cc(C(=O)Nc2ccc(C(=O)OC)cc2)nc(C)n1. The number of aromatic nitrogens is 2. The van der Waals surface area contributed by atoms with Crippen LogP contribution in [-0.4, -0.2) is 35.5 Å². The summed E-state index contributed by atoms with van der Waals surface area (Å²) in [6.07, 6.45) is 0.955. The van der Waals surface area contributed by atoms with Crippen LogP contribution < -0.4 is 10.6 Å². The molecule has 1 amide bonds. The molecule has 2 rings (SSSR count). The Morgan fingerprint density at radius 3 is 2.50 bits per heavy atom. The third-order valence-corrected chi connectivity index (χ3v) is 3.19. The third-order valence-electron chi connectivity index (χ3n) is 3.19. The highest BCUT2D eigenvalue weighted by molar-refractivity contribution is 6.03. The lowest BCUT2D eigenvalue weighted by atomic mass is 10.2. The summed E-state index contributed by atoms with van der Waals surface area (Å²) in [7, 11) is 1.32. The molecule has 0 aliphatic carbocycles. The number of ether oxygens (including phenoxy) is 1. The molecule has 0 fully saturated rings. The number of nitrogens with zero attached hydrogens (tertiary/aromatic N) is 2. The van der Waals surface area contributed by atoms with Crippen molar-refractivity contribution in [2.75, 3.05) is 24.3 Å². The van der Waals surface area contributed by atoms with Crippen molar-refractivity contribution in [1.29, 1.82) is 0 Å². The van der Waals surface area contributed by atoms with Gasteiger partial charge in [0.1, 0.15) is 17.3 Å². The molecule has 0 saturated heterocycles. The van der Waals surface area contributed by atoms with Gasteiger partial charge in [-0.1, -0.05) is 6.92 Å². The second kappa shape index (κ2) is 8.05. The first-order chi connectivity index (χ1) is 11.5. The van der Waals surface area contributed by atoms with E-state index in [4.69, 9.17) is 0 Å². The monoisotopic (exact) mass is 328 g/mol. The maximum Gasteiger partial charge on any atom is 0.337 e. The molecule has 1 aromatic carbocycles. The van der Waals surface area contributed by atoms with Crippen molar-refractivity contribution < 1.29 is 14.3 Å². The fraction of sp³-hybridized carbons (Fsp3) is 0.294. The van der Waals surface area contributed by atoms with E-state index in [0.29, 0.717) is 22.9 Å². The zero-order chi connectivity index (χ0) is 17.5. The molecule has 0 saturated carbocycles. The summed E-state index contributed by atoms with van der Waals surface area (Å²) >= 11 is 0. The van der Waals surface area contributed by atoms with Crippen molar-refractivity contribution in [1.82, 2.24) is 9.97 Å². The van der Waals surface area contributed by atoms with Gasteiger partial charge in [0, 0.05) is 18.3 Å². The first kappa shape index (κ1) is 17.4. The highest BCUT2D eigenvalue weighted by Crippen LogP contribution is 2.13. The summed E-state index contributed by atoms with van der Waals surface area (Å²) in [4.78, 5) is 32.2. The topological polar surface area (TPSA) is 93.2 Å². The maximum absolute atomic E-state index is 12.3. The molecule has 2 aromatic rings. The lowest BCUT2D eigenvalue weighted by Crippen LogP contribution is -2.16. The van der Waals surface area contributed by atoms with E-state index in [1.54, 1.807) is 37.3 Å². The molecule has 126 valence electrons. The molecule has 2 N–H and O–H groups in total. The van der Waals surface area contributed by atoms with Crippen LogP contribution in [0.3, 0.4) is 0 Å². The van der Waals surface area contributed by atoms with Crippen LogP contribution in [0.4, 0.5) is 11.5 Å². The van der Waals surface area contributed by atoms with Crippen LogP contribution >= 0.6 is 0 Å². The minimum absolute atomic E-state index is 0.276.